The standard InChI is InChI=1S/C31H41N5O6/c1-30(2,3)42-29(41)34-12-8-20(9-13-34)17-33-14-10-31(11-15-33)18-35(19-31)21-4-5-22-23(16-21)28(40)36(27(22)39)24-6-7-25(37)32-26(24)38/h4-5,16,20,24H,6-15,17-19H2,1-3H3,(H,32,37,38). The van der Waals surface area contributed by atoms with Gasteiger partial charge in [0.1, 0.15) is 11.6 Å². The number of carbonyl (C=O) groups is 5. The maximum Gasteiger partial charge on any atom is 0.410 e. The predicted octanol–water partition coefficient (Wildman–Crippen LogP) is 2.64. The number of carbonyl (C=O) groups excluding carboxylic acids is 5. The van der Waals surface area contributed by atoms with Crippen LogP contribution in [0.3, 0.4) is 0 Å². The lowest BCUT2D eigenvalue weighted by atomic mass is 9.71. The van der Waals surface area contributed by atoms with Crippen LogP contribution in [-0.4, -0.2) is 102 Å². The van der Waals surface area contributed by atoms with Gasteiger partial charge in [-0.2, -0.15) is 0 Å². The van der Waals surface area contributed by atoms with Gasteiger partial charge in [0.25, 0.3) is 11.8 Å². The van der Waals surface area contributed by atoms with Gasteiger partial charge < -0.3 is 19.4 Å². The number of fused-ring (bicyclic) bond motifs is 1. The number of nitrogens with zero attached hydrogens (tertiary/aromatic N) is 4. The van der Waals surface area contributed by atoms with Crippen molar-refractivity contribution < 1.29 is 28.7 Å². The Hall–Kier alpha value is -3.47. The number of benzene rings is 1. The first-order chi connectivity index (χ1) is 19.9. The van der Waals surface area contributed by atoms with Crippen molar-refractivity contribution in [2.24, 2.45) is 11.3 Å². The highest BCUT2D eigenvalue weighted by Crippen LogP contribution is 2.44. The number of nitrogens with one attached hydrogen (secondary N) is 1. The lowest BCUT2D eigenvalue weighted by molar-refractivity contribution is -0.136. The summed E-state index contributed by atoms with van der Waals surface area (Å²) in [6, 6.07) is 4.42. The van der Waals surface area contributed by atoms with E-state index >= 15 is 0 Å². The number of piperidine rings is 3. The van der Waals surface area contributed by atoms with Crippen molar-refractivity contribution in [2.75, 3.05) is 50.7 Å². The summed E-state index contributed by atoms with van der Waals surface area (Å²) in [5.74, 6) is -1.32. The number of hydrogen-bond donors (Lipinski definition) is 1. The Morgan fingerprint density at radius 1 is 0.952 bits per heavy atom. The third-order valence-corrected chi connectivity index (χ3v) is 9.54. The van der Waals surface area contributed by atoms with Gasteiger partial charge in [-0.15, -0.1) is 0 Å². The van der Waals surface area contributed by atoms with Crippen molar-refractivity contribution in [3.8, 4) is 0 Å². The van der Waals surface area contributed by atoms with Crippen LogP contribution in [0.25, 0.3) is 0 Å². The summed E-state index contributed by atoms with van der Waals surface area (Å²) < 4.78 is 5.53. The quantitative estimate of drug-likeness (QED) is 0.541. The van der Waals surface area contributed by atoms with Gasteiger partial charge in [-0.05, 0) is 90.1 Å². The molecule has 0 aromatic heterocycles. The van der Waals surface area contributed by atoms with Crippen LogP contribution in [-0.2, 0) is 14.3 Å². The molecule has 5 aliphatic rings. The van der Waals surface area contributed by atoms with Crippen LogP contribution in [0.1, 0.15) is 80.0 Å². The fourth-order valence-corrected chi connectivity index (χ4v) is 7.12. The van der Waals surface area contributed by atoms with E-state index in [9.17, 15) is 24.0 Å². The molecular formula is C31H41N5O6. The molecule has 1 N–H and O–H groups in total. The summed E-state index contributed by atoms with van der Waals surface area (Å²) in [4.78, 5) is 70.2. The van der Waals surface area contributed by atoms with E-state index in [1.807, 2.05) is 31.7 Å². The molecule has 11 heteroatoms. The predicted molar refractivity (Wildman–Crippen MR) is 154 cm³/mol. The molecule has 1 aromatic carbocycles. The Morgan fingerprint density at radius 2 is 1.62 bits per heavy atom. The molecule has 5 aliphatic heterocycles. The largest absolute Gasteiger partial charge is 0.444 e. The lowest BCUT2D eigenvalue weighted by Crippen LogP contribution is -2.60. The van der Waals surface area contributed by atoms with Gasteiger partial charge >= 0.3 is 6.09 Å². The van der Waals surface area contributed by atoms with E-state index < -0.39 is 29.4 Å². The van der Waals surface area contributed by atoms with Gasteiger partial charge in [0.05, 0.1) is 11.1 Å². The maximum absolute atomic E-state index is 13.2. The Kier molecular flexibility index (Phi) is 7.27. The summed E-state index contributed by atoms with van der Waals surface area (Å²) in [5.41, 5.74) is 1.37. The van der Waals surface area contributed by atoms with Crippen LogP contribution in [0.2, 0.25) is 0 Å². The average Bonchev–Trinajstić information content (AvgIpc) is 3.16. The van der Waals surface area contributed by atoms with Gasteiger partial charge in [0.15, 0.2) is 0 Å². The van der Waals surface area contributed by atoms with Crippen LogP contribution in [0.4, 0.5) is 10.5 Å². The van der Waals surface area contributed by atoms with E-state index in [-0.39, 0.29) is 30.3 Å². The normalized spacial score (nSPS) is 25.0. The molecule has 1 unspecified atom stereocenters. The summed E-state index contributed by atoms with van der Waals surface area (Å²) in [7, 11) is 0. The molecule has 0 radical (unpaired) electrons. The third kappa shape index (κ3) is 5.50. The molecule has 11 nitrogen and oxygen atoms in total. The first kappa shape index (κ1) is 28.6. The van der Waals surface area contributed by atoms with E-state index in [0.717, 1.165) is 82.1 Å². The Bertz CT molecular complexity index is 1300. The summed E-state index contributed by atoms with van der Waals surface area (Å²) in [5, 5.41) is 2.24. The zero-order valence-corrected chi connectivity index (χ0v) is 24.8. The van der Waals surface area contributed by atoms with Gasteiger partial charge in [0, 0.05) is 50.2 Å². The molecule has 42 heavy (non-hydrogen) atoms. The first-order valence-electron chi connectivity index (χ1n) is 15.2. The van der Waals surface area contributed by atoms with E-state index in [2.05, 4.69) is 15.1 Å². The minimum absolute atomic E-state index is 0.107. The van der Waals surface area contributed by atoms with Crippen LogP contribution in [0.15, 0.2) is 18.2 Å². The maximum atomic E-state index is 13.2. The number of anilines is 1. The van der Waals surface area contributed by atoms with E-state index in [1.165, 1.54) is 0 Å². The van der Waals surface area contributed by atoms with Crippen LogP contribution in [0, 0.1) is 11.3 Å². The second-order valence-electron chi connectivity index (χ2n) is 13.7. The number of amides is 5. The minimum atomic E-state index is -0.950. The highest BCUT2D eigenvalue weighted by molar-refractivity contribution is 6.23. The van der Waals surface area contributed by atoms with Crippen molar-refractivity contribution in [2.45, 2.75) is 70.9 Å². The van der Waals surface area contributed by atoms with Gasteiger partial charge in [-0.1, -0.05) is 0 Å². The molecule has 1 atom stereocenters. The fraction of sp³-hybridized carbons (Fsp3) is 0.645. The topological polar surface area (TPSA) is 120 Å². The van der Waals surface area contributed by atoms with Gasteiger partial charge in [-0.25, -0.2) is 4.79 Å². The van der Waals surface area contributed by atoms with Crippen molar-refractivity contribution in [3.63, 3.8) is 0 Å². The zero-order valence-electron chi connectivity index (χ0n) is 24.8. The van der Waals surface area contributed by atoms with E-state index in [0.29, 0.717) is 17.0 Å². The molecule has 5 heterocycles. The van der Waals surface area contributed by atoms with Crippen molar-refractivity contribution in [1.82, 2.24) is 20.0 Å². The lowest BCUT2D eigenvalue weighted by Gasteiger charge is -2.55. The molecule has 226 valence electrons. The number of hydrogen-bond acceptors (Lipinski definition) is 8. The molecule has 0 bridgehead atoms. The highest BCUT2D eigenvalue weighted by atomic mass is 16.6. The monoisotopic (exact) mass is 579 g/mol. The van der Waals surface area contributed by atoms with Crippen LogP contribution < -0.4 is 10.2 Å². The smallest absolute Gasteiger partial charge is 0.410 e. The molecular weight excluding hydrogens is 538 g/mol. The average molecular weight is 580 g/mol. The molecule has 6 rings (SSSR count). The van der Waals surface area contributed by atoms with Crippen molar-refractivity contribution in [1.29, 1.82) is 0 Å². The third-order valence-electron chi connectivity index (χ3n) is 9.54. The second kappa shape index (κ2) is 10.7. The SMILES string of the molecule is CC(C)(C)OC(=O)N1CCC(CN2CCC3(CC2)CN(c2ccc4c(c2)C(=O)N(C2CCC(=O)NC2=O)C4=O)C3)CC1. The summed E-state index contributed by atoms with van der Waals surface area (Å²) in [6.07, 6.45) is 4.33. The number of rotatable bonds is 4. The van der Waals surface area contributed by atoms with Gasteiger partial charge in [0.2, 0.25) is 11.8 Å². The number of ether oxygens (including phenoxy) is 1. The second-order valence-corrected chi connectivity index (χ2v) is 13.7. The van der Waals surface area contributed by atoms with Crippen LogP contribution >= 0.6 is 0 Å². The number of likely N-dealkylation sites (tertiary alicyclic amines) is 2. The van der Waals surface area contributed by atoms with Gasteiger partial charge in [-0.3, -0.25) is 29.4 Å². The van der Waals surface area contributed by atoms with Crippen molar-refractivity contribution >= 4 is 35.4 Å². The molecule has 1 aromatic rings. The molecule has 0 saturated carbocycles. The first-order valence-corrected chi connectivity index (χ1v) is 15.2. The minimum Gasteiger partial charge on any atom is -0.444 e. The van der Waals surface area contributed by atoms with E-state index in [1.54, 1.807) is 12.1 Å². The van der Waals surface area contributed by atoms with E-state index in [4.69, 9.17) is 4.74 Å². The zero-order chi connectivity index (χ0) is 29.8. The number of imide groups is 2. The Labute approximate surface area is 246 Å². The Balaban J connectivity index is 0.983. The molecule has 1 spiro atoms. The molecule has 4 fully saturated rings. The summed E-state index contributed by atoms with van der Waals surface area (Å²) >= 11 is 0. The summed E-state index contributed by atoms with van der Waals surface area (Å²) in [6.45, 7) is 12.3. The molecule has 4 saturated heterocycles. The molecule has 5 amide bonds. The fourth-order valence-electron chi connectivity index (χ4n) is 7.12. The Morgan fingerprint density at radius 3 is 2.26 bits per heavy atom. The highest BCUT2D eigenvalue weighted by Gasteiger charge is 2.47. The molecule has 0 aliphatic carbocycles. The van der Waals surface area contributed by atoms with Crippen molar-refractivity contribution in [3.05, 3.63) is 29.3 Å². The van der Waals surface area contributed by atoms with Crippen LogP contribution in [0.5, 0.6) is 0 Å².